The highest BCUT2D eigenvalue weighted by Gasteiger charge is 2.36. The normalized spacial score (nSPS) is 22.9. The highest BCUT2D eigenvalue weighted by molar-refractivity contribution is 6.03. The van der Waals surface area contributed by atoms with E-state index >= 15 is 4.39 Å². The molecule has 0 heterocycles. The maximum atomic E-state index is 15.4. The van der Waals surface area contributed by atoms with Crippen LogP contribution in [0.3, 0.4) is 0 Å². The van der Waals surface area contributed by atoms with Gasteiger partial charge in [-0.25, -0.2) is 8.78 Å². The van der Waals surface area contributed by atoms with Crippen molar-refractivity contribution in [2.75, 3.05) is 6.61 Å². The average Bonchev–Trinajstić information content (AvgIpc) is 2.79. The Morgan fingerprint density at radius 1 is 0.839 bits per heavy atom. The zero-order valence-corrected chi connectivity index (χ0v) is 17.9. The second kappa shape index (κ2) is 8.37. The van der Waals surface area contributed by atoms with E-state index in [0.29, 0.717) is 35.1 Å². The van der Waals surface area contributed by atoms with Crippen LogP contribution in [0, 0.1) is 29.3 Å². The number of benzene rings is 2. The van der Waals surface area contributed by atoms with Gasteiger partial charge in [-0.1, -0.05) is 37.5 Å². The number of hydrogen-bond donors (Lipinski definition) is 0. The molecule has 2 aromatic rings. The van der Waals surface area contributed by atoms with E-state index in [9.17, 15) is 8.78 Å². The van der Waals surface area contributed by atoms with Crippen molar-refractivity contribution in [2.24, 2.45) is 11.8 Å². The summed E-state index contributed by atoms with van der Waals surface area (Å²) in [6, 6.07) is 5.24. The van der Waals surface area contributed by atoms with Crippen LogP contribution in [0.2, 0.25) is 0 Å². The molecule has 1 nitrogen and oxygen atoms in total. The SMILES string of the molecule is C=CC1CCC(c2ccc3c(c2F)-c2c-3cc(OCC3CCCCC3)c(F)c2F)CC1. The van der Waals surface area contributed by atoms with Crippen molar-refractivity contribution in [1.82, 2.24) is 0 Å². The monoisotopic (exact) mass is 426 g/mol. The average molecular weight is 427 g/mol. The standard InChI is InChI=1S/C27H29F3O/c1-2-16-8-10-18(11-9-16)19-12-13-20-21-14-22(31-15-17-6-4-3-5-7-17)26(29)27(30)24(21)23(20)25(19)28/h2,12-14,16-18H,1,3-11,15H2. The number of rotatable bonds is 5. The van der Waals surface area contributed by atoms with E-state index in [1.165, 1.54) is 19.3 Å². The van der Waals surface area contributed by atoms with Crippen molar-refractivity contribution in [3.8, 4) is 28.0 Å². The fourth-order valence-corrected chi connectivity index (χ4v) is 5.71. The van der Waals surface area contributed by atoms with Gasteiger partial charge in [0.1, 0.15) is 5.82 Å². The first kappa shape index (κ1) is 20.7. The molecule has 0 atom stereocenters. The third-order valence-electron chi connectivity index (χ3n) is 7.63. The second-order valence-corrected chi connectivity index (χ2v) is 9.48. The van der Waals surface area contributed by atoms with Crippen LogP contribution in [0.4, 0.5) is 13.2 Å². The molecule has 4 heteroatoms. The van der Waals surface area contributed by atoms with Crippen molar-refractivity contribution in [3.63, 3.8) is 0 Å². The van der Waals surface area contributed by atoms with E-state index in [4.69, 9.17) is 4.74 Å². The zero-order valence-electron chi connectivity index (χ0n) is 17.9. The van der Waals surface area contributed by atoms with E-state index in [1.807, 2.05) is 18.2 Å². The van der Waals surface area contributed by atoms with Crippen LogP contribution >= 0.6 is 0 Å². The molecule has 2 fully saturated rings. The summed E-state index contributed by atoms with van der Waals surface area (Å²) in [7, 11) is 0. The molecule has 0 aliphatic heterocycles. The molecule has 2 saturated carbocycles. The molecule has 0 amide bonds. The Kier molecular flexibility index (Phi) is 5.58. The Morgan fingerprint density at radius 2 is 1.55 bits per heavy atom. The summed E-state index contributed by atoms with van der Waals surface area (Å²) >= 11 is 0. The Morgan fingerprint density at radius 3 is 2.26 bits per heavy atom. The maximum Gasteiger partial charge on any atom is 0.201 e. The van der Waals surface area contributed by atoms with Crippen LogP contribution in [0.1, 0.15) is 69.3 Å². The molecule has 0 bridgehead atoms. The van der Waals surface area contributed by atoms with Gasteiger partial charge in [-0.2, -0.15) is 4.39 Å². The van der Waals surface area contributed by atoms with Gasteiger partial charge < -0.3 is 4.74 Å². The molecular formula is C27H29F3O. The number of halogens is 3. The minimum absolute atomic E-state index is 0.0558. The molecule has 0 saturated heterocycles. The maximum absolute atomic E-state index is 15.4. The fourth-order valence-electron chi connectivity index (χ4n) is 5.71. The van der Waals surface area contributed by atoms with Gasteiger partial charge in [0.05, 0.1) is 6.61 Å². The highest BCUT2D eigenvalue weighted by Crippen LogP contribution is 2.54. The summed E-state index contributed by atoms with van der Waals surface area (Å²) < 4.78 is 50.8. The van der Waals surface area contributed by atoms with E-state index < -0.39 is 11.6 Å². The van der Waals surface area contributed by atoms with E-state index in [-0.39, 0.29) is 28.6 Å². The summed E-state index contributed by atoms with van der Waals surface area (Å²) in [5.74, 6) is -1.43. The van der Waals surface area contributed by atoms with Crippen molar-refractivity contribution in [2.45, 2.75) is 63.7 Å². The first-order valence-electron chi connectivity index (χ1n) is 11.7. The van der Waals surface area contributed by atoms with E-state index in [0.717, 1.165) is 38.5 Å². The molecule has 0 N–H and O–H groups in total. The lowest BCUT2D eigenvalue weighted by molar-refractivity contribution is 0.201. The Bertz CT molecular complexity index is 998. The molecule has 31 heavy (non-hydrogen) atoms. The fraction of sp³-hybridized carbons (Fsp3) is 0.481. The Labute approximate surface area is 182 Å². The summed E-state index contributed by atoms with van der Waals surface area (Å²) in [6.07, 6.45) is 11.5. The zero-order chi connectivity index (χ0) is 21.5. The molecule has 3 aliphatic carbocycles. The third kappa shape index (κ3) is 3.58. The first-order chi connectivity index (χ1) is 15.1. The lowest BCUT2D eigenvalue weighted by Gasteiger charge is -2.31. The second-order valence-electron chi connectivity index (χ2n) is 9.48. The highest BCUT2D eigenvalue weighted by atomic mass is 19.2. The molecule has 3 aliphatic rings. The molecule has 5 rings (SSSR count). The number of hydrogen-bond acceptors (Lipinski definition) is 1. The molecule has 0 spiro atoms. The predicted molar refractivity (Wildman–Crippen MR) is 118 cm³/mol. The molecule has 0 radical (unpaired) electrons. The predicted octanol–water partition coefficient (Wildman–Crippen LogP) is 8.17. The Balaban J connectivity index is 1.39. The molecule has 0 aromatic heterocycles. The molecule has 2 aromatic carbocycles. The Hall–Kier alpha value is -2.23. The van der Waals surface area contributed by atoms with Gasteiger partial charge in [-0.3, -0.25) is 0 Å². The van der Waals surface area contributed by atoms with Crippen LogP contribution in [0.25, 0.3) is 22.3 Å². The quantitative estimate of drug-likeness (QED) is 0.374. The van der Waals surface area contributed by atoms with Crippen molar-refractivity contribution >= 4 is 0 Å². The number of ether oxygens (including phenoxy) is 1. The van der Waals surface area contributed by atoms with Crippen molar-refractivity contribution < 1.29 is 17.9 Å². The number of allylic oxidation sites excluding steroid dienone is 1. The van der Waals surface area contributed by atoms with Gasteiger partial charge in [-0.05, 0) is 79.0 Å². The third-order valence-corrected chi connectivity index (χ3v) is 7.63. The first-order valence-corrected chi connectivity index (χ1v) is 11.7. The summed E-state index contributed by atoms with van der Waals surface area (Å²) in [5.41, 5.74) is 2.13. The van der Waals surface area contributed by atoms with Crippen LogP contribution in [0.5, 0.6) is 5.75 Å². The lowest BCUT2D eigenvalue weighted by Crippen LogP contribution is -2.17. The molecular weight excluding hydrogens is 397 g/mol. The van der Waals surface area contributed by atoms with Gasteiger partial charge in [-0.15, -0.1) is 6.58 Å². The van der Waals surface area contributed by atoms with Gasteiger partial charge >= 0.3 is 0 Å². The minimum Gasteiger partial charge on any atom is -0.490 e. The number of fused-ring (bicyclic) bond motifs is 4. The summed E-state index contributed by atoms with van der Waals surface area (Å²) in [5, 5.41) is 0. The van der Waals surface area contributed by atoms with Gasteiger partial charge in [0.25, 0.3) is 0 Å². The van der Waals surface area contributed by atoms with Crippen LogP contribution in [0.15, 0.2) is 30.9 Å². The van der Waals surface area contributed by atoms with E-state index in [1.54, 1.807) is 6.07 Å². The minimum atomic E-state index is -1.00. The summed E-state index contributed by atoms with van der Waals surface area (Å²) in [6.45, 7) is 4.27. The van der Waals surface area contributed by atoms with Gasteiger partial charge in [0, 0.05) is 11.1 Å². The van der Waals surface area contributed by atoms with Gasteiger partial charge in [0.2, 0.25) is 5.82 Å². The van der Waals surface area contributed by atoms with Crippen LogP contribution < -0.4 is 4.74 Å². The molecule has 164 valence electrons. The van der Waals surface area contributed by atoms with Crippen molar-refractivity contribution in [1.29, 1.82) is 0 Å². The lowest BCUT2D eigenvalue weighted by atomic mass is 9.74. The van der Waals surface area contributed by atoms with E-state index in [2.05, 4.69) is 6.58 Å². The van der Waals surface area contributed by atoms with Crippen LogP contribution in [-0.2, 0) is 0 Å². The summed E-state index contributed by atoms with van der Waals surface area (Å²) in [4.78, 5) is 0. The van der Waals surface area contributed by atoms with Crippen molar-refractivity contribution in [3.05, 3.63) is 53.9 Å². The molecule has 0 unspecified atom stereocenters. The smallest absolute Gasteiger partial charge is 0.201 e. The largest absolute Gasteiger partial charge is 0.490 e. The van der Waals surface area contributed by atoms with Crippen LogP contribution in [-0.4, -0.2) is 6.61 Å². The van der Waals surface area contributed by atoms with Gasteiger partial charge in [0.15, 0.2) is 11.6 Å². The topological polar surface area (TPSA) is 9.23 Å².